The average Bonchev–Trinajstić information content (AvgIpc) is 3.04. The molecule has 0 amide bonds. The van der Waals surface area contributed by atoms with Crippen molar-refractivity contribution in [3.63, 3.8) is 0 Å². The number of thioether (sulfide) groups is 1. The maximum atomic E-state index is 12.0. The predicted molar refractivity (Wildman–Crippen MR) is 91.8 cm³/mol. The van der Waals surface area contributed by atoms with Gasteiger partial charge in [0.15, 0.2) is 16.5 Å². The van der Waals surface area contributed by atoms with Crippen LogP contribution in [-0.4, -0.2) is 22.6 Å². The van der Waals surface area contributed by atoms with Crippen molar-refractivity contribution in [1.82, 2.24) is 9.38 Å². The molecule has 1 aliphatic heterocycles. The molecule has 0 N–H and O–H groups in total. The number of para-hydroxylation sites is 1. The summed E-state index contributed by atoms with van der Waals surface area (Å²) in [4.78, 5) is 17.2. The van der Waals surface area contributed by atoms with Crippen molar-refractivity contribution >= 4 is 28.1 Å². The molecule has 0 radical (unpaired) electrons. The Morgan fingerprint density at radius 2 is 2.17 bits per heavy atom. The summed E-state index contributed by atoms with van der Waals surface area (Å²) in [5, 5.41) is 1.87. The molecule has 1 aliphatic rings. The molecular formula is C16H14N2O3S2. The summed E-state index contributed by atoms with van der Waals surface area (Å²) in [5.41, 5.74) is 1.89. The van der Waals surface area contributed by atoms with Crippen molar-refractivity contribution < 1.29 is 9.47 Å². The maximum absolute atomic E-state index is 12.0. The first-order valence-corrected chi connectivity index (χ1v) is 9.26. The van der Waals surface area contributed by atoms with Crippen molar-refractivity contribution in [2.45, 2.75) is 11.5 Å². The highest BCUT2D eigenvalue weighted by Crippen LogP contribution is 2.35. The van der Waals surface area contributed by atoms with E-state index in [1.807, 2.05) is 23.6 Å². The molecule has 0 fully saturated rings. The molecule has 23 heavy (non-hydrogen) atoms. The number of ether oxygens (including phenoxy) is 2. The molecule has 3 heterocycles. The third kappa shape index (κ3) is 2.94. The van der Waals surface area contributed by atoms with Gasteiger partial charge in [0.25, 0.3) is 5.56 Å². The minimum atomic E-state index is -0.0272. The second-order valence-electron chi connectivity index (χ2n) is 5.08. The Morgan fingerprint density at radius 1 is 1.26 bits per heavy atom. The van der Waals surface area contributed by atoms with Crippen LogP contribution in [0.4, 0.5) is 0 Å². The zero-order valence-electron chi connectivity index (χ0n) is 12.2. The van der Waals surface area contributed by atoms with E-state index in [0.717, 1.165) is 33.5 Å². The van der Waals surface area contributed by atoms with E-state index in [0.29, 0.717) is 19.0 Å². The quantitative estimate of drug-likeness (QED) is 0.727. The van der Waals surface area contributed by atoms with Crippen LogP contribution < -0.4 is 15.0 Å². The molecule has 0 unspecified atom stereocenters. The molecule has 0 spiro atoms. The lowest BCUT2D eigenvalue weighted by Crippen LogP contribution is -2.16. The molecule has 4 rings (SSSR count). The molecule has 2 aromatic heterocycles. The van der Waals surface area contributed by atoms with Crippen molar-refractivity contribution in [2.75, 3.05) is 13.2 Å². The monoisotopic (exact) mass is 346 g/mol. The van der Waals surface area contributed by atoms with E-state index < -0.39 is 0 Å². The van der Waals surface area contributed by atoms with Crippen LogP contribution in [0.1, 0.15) is 11.3 Å². The number of hydrogen-bond donors (Lipinski definition) is 0. The van der Waals surface area contributed by atoms with Crippen molar-refractivity contribution in [1.29, 1.82) is 0 Å². The smallest absolute Gasteiger partial charge is 0.258 e. The Hall–Kier alpha value is -1.99. The largest absolute Gasteiger partial charge is 0.486 e. The van der Waals surface area contributed by atoms with Crippen LogP contribution >= 0.6 is 23.1 Å². The van der Waals surface area contributed by atoms with Gasteiger partial charge in [-0.05, 0) is 6.07 Å². The van der Waals surface area contributed by atoms with E-state index in [2.05, 4.69) is 4.98 Å². The zero-order chi connectivity index (χ0) is 15.6. The lowest BCUT2D eigenvalue weighted by molar-refractivity contribution is 0.170. The van der Waals surface area contributed by atoms with Gasteiger partial charge in [0.1, 0.15) is 13.2 Å². The number of benzene rings is 1. The van der Waals surface area contributed by atoms with E-state index in [1.165, 1.54) is 11.3 Å². The van der Waals surface area contributed by atoms with Crippen LogP contribution in [0.2, 0.25) is 0 Å². The van der Waals surface area contributed by atoms with Gasteiger partial charge in [0.2, 0.25) is 0 Å². The Labute approximate surface area is 140 Å². The van der Waals surface area contributed by atoms with Gasteiger partial charge >= 0.3 is 0 Å². The van der Waals surface area contributed by atoms with Gasteiger partial charge in [-0.2, -0.15) is 11.8 Å². The first kappa shape index (κ1) is 14.6. The molecule has 0 saturated heterocycles. The van der Waals surface area contributed by atoms with E-state index in [4.69, 9.17) is 9.47 Å². The number of hydrogen-bond acceptors (Lipinski definition) is 6. The van der Waals surface area contributed by atoms with Gasteiger partial charge < -0.3 is 9.47 Å². The Morgan fingerprint density at radius 3 is 3.13 bits per heavy atom. The van der Waals surface area contributed by atoms with Gasteiger partial charge in [-0.25, -0.2) is 4.98 Å². The molecule has 0 saturated carbocycles. The Balaban J connectivity index is 1.48. The Kier molecular flexibility index (Phi) is 3.97. The summed E-state index contributed by atoms with van der Waals surface area (Å²) < 4.78 is 12.9. The molecule has 118 valence electrons. The molecule has 0 atom stereocenters. The highest BCUT2D eigenvalue weighted by molar-refractivity contribution is 7.97. The Bertz CT molecular complexity index is 904. The van der Waals surface area contributed by atoms with Crippen molar-refractivity contribution in [2.24, 2.45) is 0 Å². The maximum Gasteiger partial charge on any atom is 0.258 e. The van der Waals surface area contributed by atoms with Gasteiger partial charge in [-0.1, -0.05) is 12.1 Å². The third-order valence-electron chi connectivity index (χ3n) is 3.51. The zero-order valence-corrected chi connectivity index (χ0v) is 13.9. The van der Waals surface area contributed by atoms with Crippen LogP contribution in [0.25, 0.3) is 4.96 Å². The van der Waals surface area contributed by atoms with Crippen LogP contribution in [0.3, 0.4) is 0 Å². The number of thiazole rings is 1. The molecule has 1 aromatic carbocycles. The van der Waals surface area contributed by atoms with Crippen molar-refractivity contribution in [3.05, 3.63) is 57.5 Å². The van der Waals surface area contributed by atoms with Crippen LogP contribution in [0.5, 0.6) is 11.5 Å². The van der Waals surface area contributed by atoms with Crippen molar-refractivity contribution in [3.8, 4) is 11.5 Å². The van der Waals surface area contributed by atoms with Gasteiger partial charge in [0.05, 0.1) is 5.69 Å². The lowest BCUT2D eigenvalue weighted by Gasteiger charge is -2.20. The second-order valence-corrected chi connectivity index (χ2v) is 6.93. The molecule has 0 bridgehead atoms. The number of rotatable bonds is 4. The van der Waals surface area contributed by atoms with Gasteiger partial charge in [-0.15, -0.1) is 11.3 Å². The second kappa shape index (κ2) is 6.25. The van der Waals surface area contributed by atoms with Crippen LogP contribution in [0.15, 0.2) is 40.6 Å². The standard InChI is InChI=1S/C16H14N2O3S2/c19-14-8-12(17-16-18(14)4-7-23-16)10-22-9-11-2-1-3-13-15(11)21-6-5-20-13/h1-4,7-8H,5-6,9-10H2. The van der Waals surface area contributed by atoms with Crippen LogP contribution in [-0.2, 0) is 11.5 Å². The fourth-order valence-corrected chi connectivity index (χ4v) is 4.12. The fourth-order valence-electron chi connectivity index (χ4n) is 2.48. The first-order chi connectivity index (χ1) is 11.3. The van der Waals surface area contributed by atoms with Crippen LogP contribution in [0, 0.1) is 0 Å². The summed E-state index contributed by atoms with van der Waals surface area (Å²) in [7, 11) is 0. The predicted octanol–water partition coefficient (Wildman–Crippen LogP) is 2.96. The highest BCUT2D eigenvalue weighted by atomic mass is 32.2. The molecule has 0 aliphatic carbocycles. The summed E-state index contributed by atoms with van der Waals surface area (Å²) in [5.74, 6) is 3.13. The van der Waals surface area contributed by atoms with Gasteiger partial charge in [-0.3, -0.25) is 9.20 Å². The van der Waals surface area contributed by atoms with Gasteiger partial charge in [0, 0.05) is 34.7 Å². The summed E-state index contributed by atoms with van der Waals surface area (Å²) >= 11 is 3.18. The lowest BCUT2D eigenvalue weighted by atomic mass is 10.2. The molecule has 7 heteroatoms. The normalized spacial score (nSPS) is 13.4. The van der Waals surface area contributed by atoms with E-state index >= 15 is 0 Å². The third-order valence-corrected chi connectivity index (χ3v) is 5.28. The minimum Gasteiger partial charge on any atom is -0.486 e. The highest BCUT2D eigenvalue weighted by Gasteiger charge is 2.15. The first-order valence-electron chi connectivity index (χ1n) is 7.22. The molecular weight excluding hydrogens is 332 g/mol. The number of aromatic nitrogens is 2. The number of fused-ring (bicyclic) bond motifs is 2. The molecule has 5 nitrogen and oxygen atoms in total. The topological polar surface area (TPSA) is 52.8 Å². The number of nitrogens with zero attached hydrogens (tertiary/aromatic N) is 2. The SMILES string of the molecule is O=c1cc(CSCc2cccc3c2OCCO3)nc2sccn12. The fraction of sp³-hybridized carbons (Fsp3) is 0.250. The minimum absolute atomic E-state index is 0.0272. The van der Waals surface area contributed by atoms with E-state index in [9.17, 15) is 4.79 Å². The average molecular weight is 346 g/mol. The molecule has 3 aromatic rings. The summed E-state index contributed by atoms with van der Waals surface area (Å²) in [6.45, 7) is 1.18. The summed E-state index contributed by atoms with van der Waals surface area (Å²) in [6, 6.07) is 7.56. The van der Waals surface area contributed by atoms with E-state index in [-0.39, 0.29) is 5.56 Å². The summed E-state index contributed by atoms with van der Waals surface area (Å²) in [6.07, 6.45) is 1.75. The van der Waals surface area contributed by atoms with E-state index in [1.54, 1.807) is 28.4 Å².